The average Bonchev–Trinajstić information content (AvgIpc) is 2.66. The number of hydrogen-bond donors (Lipinski definition) is 0. The van der Waals surface area contributed by atoms with Crippen LogP contribution in [0.25, 0.3) is 0 Å². The fourth-order valence-electron chi connectivity index (χ4n) is 2.49. The van der Waals surface area contributed by atoms with E-state index >= 15 is 0 Å². The maximum Gasteiger partial charge on any atom is 0.180 e. The molecule has 0 aliphatic rings. The number of unbranched alkanes of at least 4 members (excludes halogenated alkanes) is 8. The van der Waals surface area contributed by atoms with Crippen LogP contribution in [0.2, 0.25) is 0 Å². The van der Waals surface area contributed by atoms with Crippen molar-refractivity contribution in [2.75, 3.05) is 13.2 Å². The van der Waals surface area contributed by atoms with Crippen molar-refractivity contribution >= 4 is 12.6 Å². The summed E-state index contributed by atoms with van der Waals surface area (Å²) < 4.78 is 17.2. The Morgan fingerprint density at radius 1 is 0.630 bits per heavy atom. The van der Waals surface area contributed by atoms with Gasteiger partial charge in [-0.15, -0.1) is 0 Å². The molecule has 0 bridgehead atoms. The van der Waals surface area contributed by atoms with E-state index in [2.05, 4.69) is 12.2 Å². The highest BCUT2D eigenvalue weighted by Gasteiger charge is 2.12. The van der Waals surface area contributed by atoms with Crippen LogP contribution in [0.15, 0.2) is 24.3 Å². The van der Waals surface area contributed by atoms with Gasteiger partial charge in [-0.3, -0.25) is 0 Å². The van der Waals surface area contributed by atoms with E-state index in [0.717, 1.165) is 63.9 Å². The van der Waals surface area contributed by atoms with E-state index in [1.54, 1.807) is 0 Å². The molecule has 0 spiro atoms. The van der Waals surface area contributed by atoms with E-state index in [1.165, 1.54) is 0 Å². The van der Waals surface area contributed by atoms with Crippen LogP contribution in [0.4, 0.5) is 0 Å². The van der Waals surface area contributed by atoms with Gasteiger partial charge in [-0.2, -0.15) is 0 Å². The summed E-state index contributed by atoms with van der Waals surface area (Å²) in [6.45, 7) is 5.00. The largest absolute Gasteiger partial charge is 0.349 e. The maximum absolute atomic E-state index is 10.3. The second-order valence-electron chi connectivity index (χ2n) is 6.25. The van der Waals surface area contributed by atoms with Crippen molar-refractivity contribution in [3.63, 3.8) is 0 Å². The molecule has 0 fully saturated rings. The van der Waals surface area contributed by atoms with Gasteiger partial charge < -0.3 is 23.8 Å². The molecule has 0 aliphatic heterocycles. The van der Waals surface area contributed by atoms with Crippen molar-refractivity contribution in [3.05, 3.63) is 24.3 Å². The third-order valence-corrected chi connectivity index (χ3v) is 3.90. The Morgan fingerprint density at radius 2 is 1.04 bits per heavy atom. The lowest BCUT2D eigenvalue weighted by Gasteiger charge is -2.20. The van der Waals surface area contributed by atoms with Gasteiger partial charge in [0, 0.05) is 26.1 Å². The molecular weight excluding hydrogens is 344 g/mol. The van der Waals surface area contributed by atoms with Crippen LogP contribution < -0.4 is 0 Å². The smallest absolute Gasteiger partial charge is 0.180 e. The fourth-order valence-corrected chi connectivity index (χ4v) is 2.49. The molecule has 2 unspecified atom stereocenters. The molecule has 0 N–H and O–H groups in total. The Bertz CT molecular complexity index is 356. The number of aldehydes is 2. The lowest BCUT2D eigenvalue weighted by Crippen LogP contribution is -2.24. The highest BCUT2D eigenvalue weighted by molar-refractivity contribution is 5.49. The first-order valence-electron chi connectivity index (χ1n) is 10.4. The molecule has 156 valence electrons. The van der Waals surface area contributed by atoms with Gasteiger partial charge in [0.15, 0.2) is 12.6 Å². The molecule has 0 aromatic heterocycles. The standard InChI is InChI=1S/C22H38O5/c1-3-25-21(17-13-9-5-7-11-15-19-23)27-22(26-4-2)18-14-10-6-8-12-16-20-24/h13-14,17-22H,3-12,15-16H2,1-2H3. The van der Waals surface area contributed by atoms with E-state index in [9.17, 15) is 9.59 Å². The molecular formula is C22H38O5. The lowest BCUT2D eigenvalue weighted by atomic mass is 10.1. The quantitative estimate of drug-likeness (QED) is 0.126. The second-order valence-corrected chi connectivity index (χ2v) is 6.25. The summed E-state index contributed by atoms with van der Waals surface area (Å²) in [6.07, 6.45) is 18.4. The molecule has 0 aromatic carbocycles. The summed E-state index contributed by atoms with van der Waals surface area (Å²) in [7, 11) is 0. The first-order valence-corrected chi connectivity index (χ1v) is 10.4. The van der Waals surface area contributed by atoms with E-state index in [1.807, 2.05) is 26.0 Å². The molecule has 0 saturated heterocycles. The van der Waals surface area contributed by atoms with Crippen LogP contribution in [-0.4, -0.2) is 38.4 Å². The second kappa shape index (κ2) is 21.0. The van der Waals surface area contributed by atoms with Crippen molar-refractivity contribution in [3.8, 4) is 0 Å². The maximum atomic E-state index is 10.3. The number of ether oxygens (including phenoxy) is 3. The first kappa shape index (κ1) is 25.7. The zero-order valence-electron chi connectivity index (χ0n) is 17.1. The van der Waals surface area contributed by atoms with Gasteiger partial charge in [0.05, 0.1) is 0 Å². The van der Waals surface area contributed by atoms with Crippen LogP contribution in [0, 0.1) is 0 Å². The summed E-state index contributed by atoms with van der Waals surface area (Å²) >= 11 is 0. The molecule has 0 radical (unpaired) electrons. The normalized spacial score (nSPS) is 14.0. The molecule has 0 aromatic rings. The predicted molar refractivity (Wildman–Crippen MR) is 108 cm³/mol. The van der Waals surface area contributed by atoms with Gasteiger partial charge in [0.1, 0.15) is 12.6 Å². The van der Waals surface area contributed by atoms with Gasteiger partial charge in [-0.05, 0) is 64.5 Å². The highest BCUT2D eigenvalue weighted by Crippen LogP contribution is 2.10. The summed E-state index contributed by atoms with van der Waals surface area (Å²) in [5.74, 6) is 0. The van der Waals surface area contributed by atoms with Gasteiger partial charge in [0.25, 0.3) is 0 Å². The van der Waals surface area contributed by atoms with Crippen molar-refractivity contribution in [2.45, 2.75) is 90.6 Å². The Balaban J connectivity index is 4.25. The SMILES string of the molecule is CCOC(C=CCCCCCC=O)OC(C=CCCCCCC=O)OCC. The molecule has 0 saturated carbocycles. The van der Waals surface area contributed by atoms with Crippen molar-refractivity contribution in [1.82, 2.24) is 0 Å². The number of rotatable bonds is 20. The third kappa shape index (κ3) is 17.9. The Labute approximate surface area is 165 Å². The van der Waals surface area contributed by atoms with E-state index < -0.39 is 12.6 Å². The third-order valence-electron chi connectivity index (χ3n) is 3.90. The van der Waals surface area contributed by atoms with Crippen LogP contribution in [-0.2, 0) is 23.8 Å². The number of allylic oxidation sites excluding steroid dienone is 2. The van der Waals surface area contributed by atoms with Crippen molar-refractivity contribution in [1.29, 1.82) is 0 Å². The summed E-state index contributed by atoms with van der Waals surface area (Å²) in [4.78, 5) is 20.6. The van der Waals surface area contributed by atoms with Gasteiger partial charge in [-0.25, -0.2) is 0 Å². The van der Waals surface area contributed by atoms with Crippen LogP contribution >= 0.6 is 0 Å². The minimum Gasteiger partial charge on any atom is -0.349 e. The number of carbonyl (C=O) groups excluding carboxylic acids is 2. The van der Waals surface area contributed by atoms with Crippen molar-refractivity contribution < 1.29 is 23.8 Å². The summed E-state index contributed by atoms with van der Waals surface area (Å²) in [5, 5.41) is 0. The molecule has 0 aliphatic carbocycles. The minimum absolute atomic E-state index is 0.432. The van der Waals surface area contributed by atoms with Gasteiger partial charge >= 0.3 is 0 Å². The molecule has 0 rings (SSSR count). The van der Waals surface area contributed by atoms with Crippen LogP contribution in [0.5, 0.6) is 0 Å². The Kier molecular flexibility index (Phi) is 20.0. The zero-order chi connectivity index (χ0) is 20.0. The average molecular weight is 383 g/mol. The van der Waals surface area contributed by atoms with E-state index in [-0.39, 0.29) is 0 Å². The Hall–Kier alpha value is -1.30. The lowest BCUT2D eigenvalue weighted by molar-refractivity contribution is -0.204. The molecule has 5 heteroatoms. The summed E-state index contributed by atoms with van der Waals surface area (Å²) in [5.41, 5.74) is 0. The fraction of sp³-hybridized carbons (Fsp3) is 0.727. The van der Waals surface area contributed by atoms with Crippen LogP contribution in [0.1, 0.15) is 78.1 Å². The molecule has 2 atom stereocenters. The summed E-state index contributed by atoms with van der Waals surface area (Å²) in [6, 6.07) is 0. The van der Waals surface area contributed by atoms with Crippen molar-refractivity contribution in [2.24, 2.45) is 0 Å². The molecule has 0 heterocycles. The predicted octanol–water partition coefficient (Wildman–Crippen LogP) is 5.14. The van der Waals surface area contributed by atoms with Gasteiger partial charge in [0.2, 0.25) is 0 Å². The van der Waals surface area contributed by atoms with E-state index in [0.29, 0.717) is 26.1 Å². The molecule has 27 heavy (non-hydrogen) atoms. The van der Waals surface area contributed by atoms with Crippen LogP contribution in [0.3, 0.4) is 0 Å². The topological polar surface area (TPSA) is 61.8 Å². The first-order chi connectivity index (χ1) is 13.3. The van der Waals surface area contributed by atoms with E-state index in [4.69, 9.17) is 14.2 Å². The molecule has 0 amide bonds. The zero-order valence-corrected chi connectivity index (χ0v) is 17.1. The van der Waals surface area contributed by atoms with Gasteiger partial charge in [-0.1, -0.05) is 25.0 Å². The molecule has 5 nitrogen and oxygen atoms in total. The number of hydrogen-bond acceptors (Lipinski definition) is 5. The minimum atomic E-state index is -0.432. The highest BCUT2D eigenvalue weighted by atomic mass is 16.8. The monoisotopic (exact) mass is 382 g/mol. The Morgan fingerprint density at radius 3 is 1.41 bits per heavy atom. The number of carbonyl (C=O) groups is 2.